The summed E-state index contributed by atoms with van der Waals surface area (Å²) in [5, 5.41) is 3.33. The maximum absolute atomic E-state index is 12.8. The highest BCUT2D eigenvalue weighted by molar-refractivity contribution is 5.80. The zero-order valence-electron chi connectivity index (χ0n) is 12.8. The Labute approximate surface area is 126 Å². The fourth-order valence-corrected chi connectivity index (χ4v) is 3.05. The quantitative estimate of drug-likeness (QED) is 0.901. The molecule has 1 heterocycles. The topological polar surface area (TPSA) is 41.6 Å². The summed E-state index contributed by atoms with van der Waals surface area (Å²) in [5.74, 6) is 1.76. The first-order chi connectivity index (χ1) is 10.2. The number of methoxy groups -OCH3 is 1. The second-order valence-electron chi connectivity index (χ2n) is 6.29. The molecule has 1 N–H and O–H groups in total. The van der Waals surface area contributed by atoms with E-state index in [0.29, 0.717) is 17.9 Å². The molecule has 114 valence electrons. The molecule has 4 nitrogen and oxygen atoms in total. The zero-order valence-corrected chi connectivity index (χ0v) is 12.8. The van der Waals surface area contributed by atoms with E-state index in [1.54, 1.807) is 7.11 Å². The van der Waals surface area contributed by atoms with Crippen LogP contribution in [0.4, 0.5) is 0 Å². The van der Waals surface area contributed by atoms with Gasteiger partial charge < -0.3 is 15.0 Å². The van der Waals surface area contributed by atoms with Gasteiger partial charge in [0.2, 0.25) is 5.91 Å². The molecule has 0 unspecified atom stereocenters. The van der Waals surface area contributed by atoms with Gasteiger partial charge in [-0.3, -0.25) is 4.79 Å². The van der Waals surface area contributed by atoms with Crippen LogP contribution in [0.25, 0.3) is 0 Å². The van der Waals surface area contributed by atoms with Gasteiger partial charge in [-0.15, -0.1) is 0 Å². The van der Waals surface area contributed by atoms with Crippen LogP contribution < -0.4 is 10.1 Å². The summed E-state index contributed by atoms with van der Waals surface area (Å²) in [6.07, 6.45) is 2.30. The Balaban J connectivity index is 1.70. The Bertz CT molecular complexity index is 496. The lowest BCUT2D eigenvalue weighted by molar-refractivity contribution is -0.137. The molecule has 1 aromatic carbocycles. The Kier molecular flexibility index (Phi) is 4.15. The number of hydrogen-bond acceptors (Lipinski definition) is 3. The van der Waals surface area contributed by atoms with Crippen LogP contribution in [0, 0.1) is 11.8 Å². The predicted molar refractivity (Wildman–Crippen MR) is 82.1 cm³/mol. The van der Waals surface area contributed by atoms with Crippen LogP contribution in [0.1, 0.15) is 25.3 Å². The van der Waals surface area contributed by atoms with Gasteiger partial charge >= 0.3 is 0 Å². The van der Waals surface area contributed by atoms with Gasteiger partial charge in [-0.1, -0.05) is 19.1 Å². The summed E-state index contributed by atoms with van der Waals surface area (Å²) in [7, 11) is 1.67. The molecule has 3 rings (SSSR count). The fourth-order valence-electron chi connectivity index (χ4n) is 3.05. The lowest BCUT2D eigenvalue weighted by Crippen LogP contribution is -2.39. The van der Waals surface area contributed by atoms with Crippen LogP contribution in [-0.4, -0.2) is 37.0 Å². The first-order valence-corrected chi connectivity index (χ1v) is 7.83. The molecule has 4 heteroatoms. The third-order valence-electron chi connectivity index (χ3n) is 4.62. The summed E-state index contributed by atoms with van der Waals surface area (Å²) in [5.41, 5.74) is 1.18. The van der Waals surface area contributed by atoms with Crippen molar-refractivity contribution in [3.63, 3.8) is 0 Å². The molecule has 1 aliphatic heterocycles. The van der Waals surface area contributed by atoms with E-state index in [9.17, 15) is 4.79 Å². The molecular weight excluding hydrogens is 264 g/mol. The van der Waals surface area contributed by atoms with Gasteiger partial charge in [0.05, 0.1) is 13.0 Å². The predicted octanol–water partition coefficient (Wildman–Crippen LogP) is 2.04. The first kappa shape index (κ1) is 14.4. The molecular formula is C17H24N2O2. The van der Waals surface area contributed by atoms with E-state index in [1.807, 2.05) is 12.1 Å². The van der Waals surface area contributed by atoms with Crippen molar-refractivity contribution in [2.24, 2.45) is 11.8 Å². The summed E-state index contributed by atoms with van der Waals surface area (Å²) in [4.78, 5) is 14.9. The molecule has 1 aliphatic carbocycles. The zero-order chi connectivity index (χ0) is 14.8. The molecule has 21 heavy (non-hydrogen) atoms. The minimum atomic E-state index is 0.142. The van der Waals surface area contributed by atoms with E-state index >= 15 is 0 Å². The molecule has 0 bridgehead atoms. The minimum absolute atomic E-state index is 0.142. The van der Waals surface area contributed by atoms with Gasteiger partial charge in [0.1, 0.15) is 5.75 Å². The molecule has 1 saturated heterocycles. The number of benzene rings is 1. The summed E-state index contributed by atoms with van der Waals surface area (Å²) in [6.45, 7) is 4.67. The number of ether oxygens (including phenoxy) is 1. The summed E-state index contributed by atoms with van der Waals surface area (Å²) in [6, 6.07) is 8.48. The second kappa shape index (κ2) is 6.06. The molecule has 0 radical (unpaired) electrons. The SMILES string of the molecule is COc1ccc(CN(C(=O)[C@@H]2CNC[C@H]2C)C2CC2)cc1. The molecule has 1 saturated carbocycles. The van der Waals surface area contributed by atoms with Crippen molar-refractivity contribution in [2.45, 2.75) is 32.4 Å². The number of amides is 1. The molecule has 2 fully saturated rings. The Hall–Kier alpha value is -1.55. The third kappa shape index (κ3) is 3.21. The van der Waals surface area contributed by atoms with Gasteiger partial charge in [-0.05, 0) is 43.0 Å². The van der Waals surface area contributed by atoms with Crippen molar-refractivity contribution in [1.29, 1.82) is 0 Å². The Morgan fingerprint density at radius 1 is 1.29 bits per heavy atom. The normalized spacial score (nSPS) is 24.9. The average molecular weight is 288 g/mol. The smallest absolute Gasteiger partial charge is 0.227 e. The standard InChI is InChI=1S/C17H24N2O2/c1-12-9-18-10-16(12)17(20)19(14-5-6-14)11-13-3-7-15(21-2)8-4-13/h3-4,7-8,12,14,16,18H,5-6,9-11H2,1-2H3/t12-,16-/m1/s1. The molecule has 1 amide bonds. The van der Waals surface area contributed by atoms with Gasteiger partial charge in [0, 0.05) is 19.1 Å². The van der Waals surface area contributed by atoms with Crippen LogP contribution in [-0.2, 0) is 11.3 Å². The highest BCUT2D eigenvalue weighted by Gasteiger charge is 2.39. The largest absolute Gasteiger partial charge is 0.497 e. The number of hydrogen-bond donors (Lipinski definition) is 1. The number of nitrogens with one attached hydrogen (secondary N) is 1. The molecule has 2 aliphatic rings. The Morgan fingerprint density at radius 2 is 2.00 bits per heavy atom. The number of carbonyl (C=O) groups is 1. The fraction of sp³-hybridized carbons (Fsp3) is 0.588. The van der Waals surface area contributed by atoms with Crippen LogP contribution in [0.2, 0.25) is 0 Å². The van der Waals surface area contributed by atoms with E-state index in [0.717, 1.165) is 38.2 Å². The minimum Gasteiger partial charge on any atom is -0.497 e. The lowest BCUT2D eigenvalue weighted by Gasteiger charge is -2.27. The average Bonchev–Trinajstić information content (AvgIpc) is 3.26. The van der Waals surface area contributed by atoms with Crippen LogP contribution >= 0.6 is 0 Å². The van der Waals surface area contributed by atoms with Crippen molar-refractivity contribution in [3.8, 4) is 5.75 Å². The van der Waals surface area contributed by atoms with Gasteiger partial charge in [0.25, 0.3) is 0 Å². The van der Waals surface area contributed by atoms with Crippen molar-refractivity contribution in [2.75, 3.05) is 20.2 Å². The van der Waals surface area contributed by atoms with E-state index in [4.69, 9.17) is 4.74 Å². The van der Waals surface area contributed by atoms with Gasteiger partial charge in [-0.2, -0.15) is 0 Å². The monoisotopic (exact) mass is 288 g/mol. The number of carbonyl (C=O) groups excluding carboxylic acids is 1. The van der Waals surface area contributed by atoms with E-state index in [1.165, 1.54) is 5.56 Å². The highest BCUT2D eigenvalue weighted by atomic mass is 16.5. The van der Waals surface area contributed by atoms with Crippen molar-refractivity contribution in [1.82, 2.24) is 10.2 Å². The molecule has 0 aromatic heterocycles. The van der Waals surface area contributed by atoms with Crippen molar-refractivity contribution >= 4 is 5.91 Å². The van der Waals surface area contributed by atoms with Gasteiger partial charge in [0.15, 0.2) is 0 Å². The molecule has 2 atom stereocenters. The lowest BCUT2D eigenvalue weighted by atomic mass is 9.96. The van der Waals surface area contributed by atoms with Crippen molar-refractivity contribution < 1.29 is 9.53 Å². The summed E-state index contributed by atoms with van der Waals surface area (Å²) >= 11 is 0. The molecule has 0 spiro atoms. The maximum Gasteiger partial charge on any atom is 0.227 e. The number of nitrogens with zero attached hydrogens (tertiary/aromatic N) is 1. The van der Waals surface area contributed by atoms with Crippen molar-refractivity contribution in [3.05, 3.63) is 29.8 Å². The second-order valence-corrected chi connectivity index (χ2v) is 6.29. The Morgan fingerprint density at radius 3 is 2.52 bits per heavy atom. The van der Waals surface area contributed by atoms with E-state index in [-0.39, 0.29) is 5.92 Å². The third-order valence-corrected chi connectivity index (χ3v) is 4.62. The van der Waals surface area contributed by atoms with E-state index in [2.05, 4.69) is 29.3 Å². The van der Waals surface area contributed by atoms with Crippen LogP contribution in [0.5, 0.6) is 5.75 Å². The van der Waals surface area contributed by atoms with Gasteiger partial charge in [-0.25, -0.2) is 0 Å². The van der Waals surface area contributed by atoms with E-state index < -0.39 is 0 Å². The first-order valence-electron chi connectivity index (χ1n) is 7.83. The van der Waals surface area contributed by atoms with Crippen LogP contribution in [0.15, 0.2) is 24.3 Å². The van der Waals surface area contributed by atoms with Crippen LogP contribution in [0.3, 0.4) is 0 Å². The highest BCUT2D eigenvalue weighted by Crippen LogP contribution is 2.32. The molecule has 1 aromatic rings. The number of rotatable bonds is 5. The summed E-state index contributed by atoms with van der Waals surface area (Å²) < 4.78 is 5.19. The maximum atomic E-state index is 12.8.